The lowest BCUT2D eigenvalue weighted by molar-refractivity contribution is 1.05. The van der Waals surface area contributed by atoms with Crippen LogP contribution in [0.3, 0.4) is 0 Å². The molecule has 0 unspecified atom stereocenters. The summed E-state index contributed by atoms with van der Waals surface area (Å²) in [4.78, 5) is 13.4. The van der Waals surface area contributed by atoms with Crippen LogP contribution in [0.5, 0.6) is 0 Å². The molecule has 5 rings (SSSR count). The number of halogens is 1. The van der Waals surface area contributed by atoms with E-state index in [1.807, 2.05) is 55.6 Å². The van der Waals surface area contributed by atoms with E-state index >= 15 is 0 Å². The summed E-state index contributed by atoms with van der Waals surface area (Å²) in [5.41, 5.74) is 6.06. The number of nitrogens with one attached hydrogen (secondary N) is 1. The number of nitrogens with zero attached hydrogens (tertiary/aromatic N) is 4. The standard InChI is InChI=1S/C25H20ClN5/c1-17-9-10-20(12-22(17)26)31-15-21(19-7-3-2-4-8-19)23-24(29-16-30-25(23)31)28-14-18-6-5-11-27-13-18/h2-13,15-16H,14H2,1H3,(H,28,29,30). The highest BCUT2D eigenvalue weighted by atomic mass is 35.5. The van der Waals surface area contributed by atoms with Gasteiger partial charge in [0.2, 0.25) is 0 Å². The molecule has 5 nitrogen and oxygen atoms in total. The second-order valence-corrected chi connectivity index (χ2v) is 7.76. The Hall–Kier alpha value is -3.70. The lowest BCUT2D eigenvalue weighted by Crippen LogP contribution is -2.03. The molecule has 0 atom stereocenters. The molecular weight excluding hydrogens is 406 g/mol. The van der Waals surface area contributed by atoms with Crippen LogP contribution < -0.4 is 5.32 Å². The first-order valence-corrected chi connectivity index (χ1v) is 10.4. The van der Waals surface area contributed by atoms with Crippen LogP contribution in [-0.4, -0.2) is 19.5 Å². The van der Waals surface area contributed by atoms with Crippen LogP contribution in [0.4, 0.5) is 5.82 Å². The van der Waals surface area contributed by atoms with E-state index in [0.29, 0.717) is 6.54 Å². The molecule has 0 fully saturated rings. The molecule has 0 aliphatic heterocycles. The van der Waals surface area contributed by atoms with Gasteiger partial charge in [-0.25, -0.2) is 9.97 Å². The molecule has 0 aliphatic carbocycles. The normalized spacial score (nSPS) is 11.0. The molecule has 0 saturated carbocycles. The smallest absolute Gasteiger partial charge is 0.150 e. The van der Waals surface area contributed by atoms with Crippen molar-refractivity contribution in [2.75, 3.05) is 5.32 Å². The number of pyridine rings is 1. The van der Waals surface area contributed by atoms with Crippen molar-refractivity contribution in [1.29, 1.82) is 0 Å². The predicted molar refractivity (Wildman–Crippen MR) is 126 cm³/mol. The molecule has 6 heteroatoms. The molecule has 5 aromatic rings. The number of aromatic nitrogens is 4. The third kappa shape index (κ3) is 3.76. The Bertz CT molecular complexity index is 1350. The molecule has 0 radical (unpaired) electrons. The SMILES string of the molecule is Cc1ccc(-n2cc(-c3ccccc3)c3c(NCc4cccnc4)ncnc32)cc1Cl. The van der Waals surface area contributed by atoms with E-state index in [4.69, 9.17) is 11.6 Å². The van der Waals surface area contributed by atoms with Crippen LogP contribution >= 0.6 is 11.6 Å². The Morgan fingerprint density at radius 3 is 2.65 bits per heavy atom. The Morgan fingerprint density at radius 1 is 1.00 bits per heavy atom. The Morgan fingerprint density at radius 2 is 1.87 bits per heavy atom. The first-order valence-electron chi connectivity index (χ1n) is 10.0. The summed E-state index contributed by atoms with van der Waals surface area (Å²) in [7, 11) is 0. The van der Waals surface area contributed by atoms with Crippen molar-refractivity contribution in [3.05, 3.63) is 102 Å². The molecule has 0 spiro atoms. The summed E-state index contributed by atoms with van der Waals surface area (Å²) in [5.74, 6) is 0.782. The third-order valence-electron chi connectivity index (χ3n) is 5.28. The van der Waals surface area contributed by atoms with Gasteiger partial charge in [0.05, 0.1) is 5.39 Å². The average molecular weight is 426 g/mol. The first-order chi connectivity index (χ1) is 15.2. The number of benzene rings is 2. The summed E-state index contributed by atoms with van der Waals surface area (Å²) in [6, 6.07) is 20.3. The number of aryl methyl sites for hydroxylation is 1. The number of hydrogen-bond acceptors (Lipinski definition) is 4. The topological polar surface area (TPSA) is 55.6 Å². The molecule has 0 bridgehead atoms. The molecule has 0 amide bonds. The number of anilines is 1. The molecule has 1 N–H and O–H groups in total. The quantitative estimate of drug-likeness (QED) is 0.372. The van der Waals surface area contributed by atoms with Crippen LogP contribution in [-0.2, 0) is 6.54 Å². The minimum atomic E-state index is 0.621. The lowest BCUT2D eigenvalue weighted by atomic mass is 10.1. The summed E-state index contributed by atoms with van der Waals surface area (Å²) in [5, 5.41) is 5.16. The lowest BCUT2D eigenvalue weighted by Gasteiger charge is -2.09. The molecule has 0 saturated heterocycles. The van der Waals surface area contributed by atoms with Gasteiger partial charge in [-0.2, -0.15) is 0 Å². The van der Waals surface area contributed by atoms with Crippen LogP contribution in [0.15, 0.2) is 85.6 Å². The van der Waals surface area contributed by atoms with Crippen LogP contribution in [0.1, 0.15) is 11.1 Å². The summed E-state index contributed by atoms with van der Waals surface area (Å²) in [6.45, 7) is 2.62. The van der Waals surface area contributed by atoms with Crippen molar-refractivity contribution in [1.82, 2.24) is 19.5 Å². The zero-order chi connectivity index (χ0) is 21.2. The maximum atomic E-state index is 6.42. The monoisotopic (exact) mass is 425 g/mol. The first kappa shape index (κ1) is 19.3. The van der Waals surface area contributed by atoms with Crippen molar-refractivity contribution in [2.45, 2.75) is 13.5 Å². The minimum Gasteiger partial charge on any atom is -0.365 e. The predicted octanol–water partition coefficient (Wildman–Crippen LogP) is 6.06. The van der Waals surface area contributed by atoms with E-state index < -0.39 is 0 Å². The summed E-state index contributed by atoms with van der Waals surface area (Å²) in [6.07, 6.45) is 7.32. The van der Waals surface area contributed by atoms with E-state index in [1.54, 1.807) is 12.5 Å². The van der Waals surface area contributed by atoms with E-state index in [0.717, 1.165) is 49.8 Å². The van der Waals surface area contributed by atoms with Crippen molar-refractivity contribution in [2.24, 2.45) is 0 Å². The Kier molecular flexibility index (Phi) is 5.10. The van der Waals surface area contributed by atoms with Gasteiger partial charge in [0.1, 0.15) is 12.1 Å². The maximum Gasteiger partial charge on any atom is 0.150 e. The Labute approximate surface area is 185 Å². The fourth-order valence-electron chi connectivity index (χ4n) is 3.65. The second kappa shape index (κ2) is 8.20. The van der Waals surface area contributed by atoms with Gasteiger partial charge in [-0.15, -0.1) is 0 Å². The molecule has 2 aromatic carbocycles. The Balaban J connectivity index is 1.68. The van der Waals surface area contributed by atoms with Gasteiger partial charge in [0, 0.05) is 41.4 Å². The molecule has 152 valence electrons. The van der Waals surface area contributed by atoms with Crippen molar-refractivity contribution in [3.8, 4) is 16.8 Å². The van der Waals surface area contributed by atoms with E-state index in [2.05, 4.69) is 49.2 Å². The zero-order valence-corrected chi connectivity index (χ0v) is 17.7. The van der Waals surface area contributed by atoms with Gasteiger partial charge >= 0.3 is 0 Å². The molecule has 3 heterocycles. The van der Waals surface area contributed by atoms with E-state index in [1.165, 1.54) is 0 Å². The summed E-state index contributed by atoms with van der Waals surface area (Å²) < 4.78 is 2.07. The van der Waals surface area contributed by atoms with Gasteiger partial charge in [0.15, 0.2) is 5.65 Å². The van der Waals surface area contributed by atoms with Gasteiger partial charge in [-0.05, 0) is 41.8 Å². The van der Waals surface area contributed by atoms with Crippen LogP contribution in [0, 0.1) is 6.92 Å². The average Bonchev–Trinajstić information content (AvgIpc) is 3.21. The molecule has 3 aromatic heterocycles. The van der Waals surface area contributed by atoms with Gasteiger partial charge in [0.25, 0.3) is 0 Å². The molecule has 0 aliphatic rings. The largest absolute Gasteiger partial charge is 0.365 e. The van der Waals surface area contributed by atoms with Crippen molar-refractivity contribution < 1.29 is 0 Å². The third-order valence-corrected chi connectivity index (χ3v) is 5.69. The number of rotatable bonds is 5. The highest BCUT2D eigenvalue weighted by molar-refractivity contribution is 6.31. The van der Waals surface area contributed by atoms with Crippen LogP contribution in [0.25, 0.3) is 27.8 Å². The summed E-state index contributed by atoms with van der Waals surface area (Å²) >= 11 is 6.42. The van der Waals surface area contributed by atoms with Crippen molar-refractivity contribution >= 4 is 28.5 Å². The number of hydrogen-bond donors (Lipinski definition) is 1. The highest BCUT2D eigenvalue weighted by Gasteiger charge is 2.17. The highest BCUT2D eigenvalue weighted by Crippen LogP contribution is 2.36. The number of fused-ring (bicyclic) bond motifs is 1. The fraction of sp³-hybridized carbons (Fsp3) is 0.0800. The maximum absolute atomic E-state index is 6.42. The van der Waals surface area contributed by atoms with Gasteiger partial charge in [-0.3, -0.25) is 4.98 Å². The van der Waals surface area contributed by atoms with E-state index in [-0.39, 0.29) is 0 Å². The second-order valence-electron chi connectivity index (χ2n) is 7.35. The van der Waals surface area contributed by atoms with Gasteiger partial charge < -0.3 is 9.88 Å². The molecule has 31 heavy (non-hydrogen) atoms. The van der Waals surface area contributed by atoms with Gasteiger partial charge in [-0.1, -0.05) is 54.1 Å². The van der Waals surface area contributed by atoms with Crippen LogP contribution in [0.2, 0.25) is 5.02 Å². The van der Waals surface area contributed by atoms with Crippen molar-refractivity contribution in [3.63, 3.8) is 0 Å². The fourth-order valence-corrected chi connectivity index (χ4v) is 3.82. The van der Waals surface area contributed by atoms with E-state index in [9.17, 15) is 0 Å². The minimum absolute atomic E-state index is 0.621. The zero-order valence-electron chi connectivity index (χ0n) is 17.0. The molecular formula is C25H20ClN5.